The number of fused-ring (bicyclic) bond motifs is 1. The van der Waals surface area contributed by atoms with Gasteiger partial charge in [0, 0.05) is 6.42 Å². The molecular weight excluding hydrogens is 365 g/mol. The van der Waals surface area contributed by atoms with Gasteiger partial charge in [0.05, 0.1) is 28.2 Å². The molecule has 1 aromatic heterocycles. The van der Waals surface area contributed by atoms with E-state index in [9.17, 15) is 12.8 Å². The topological polar surface area (TPSA) is 66.1 Å². The summed E-state index contributed by atoms with van der Waals surface area (Å²) in [6.07, 6.45) is 5.36. The predicted octanol–water partition coefficient (Wildman–Crippen LogP) is 4.43. The summed E-state index contributed by atoms with van der Waals surface area (Å²) in [5.74, 6) is 0.404. The SMILES string of the molecule is CC=CCN(c1ccc2[nH]c(CCC)nc2c1)S(=O)(=O)c1ccc(F)cc1. The third kappa shape index (κ3) is 4.03. The van der Waals surface area contributed by atoms with Gasteiger partial charge < -0.3 is 4.98 Å². The number of allylic oxidation sites excluding steroid dienone is 1. The van der Waals surface area contributed by atoms with Crippen LogP contribution in [0.5, 0.6) is 0 Å². The molecule has 0 aliphatic rings. The number of aryl methyl sites for hydroxylation is 1. The Morgan fingerprint density at radius 3 is 2.59 bits per heavy atom. The third-order valence-electron chi connectivity index (χ3n) is 4.20. The van der Waals surface area contributed by atoms with Gasteiger partial charge in [0.2, 0.25) is 0 Å². The predicted molar refractivity (Wildman–Crippen MR) is 106 cm³/mol. The summed E-state index contributed by atoms with van der Waals surface area (Å²) in [7, 11) is -3.84. The largest absolute Gasteiger partial charge is 0.342 e. The number of hydrogen-bond acceptors (Lipinski definition) is 3. The van der Waals surface area contributed by atoms with Crippen LogP contribution in [0.1, 0.15) is 26.1 Å². The minimum atomic E-state index is -3.84. The van der Waals surface area contributed by atoms with Crippen LogP contribution in [-0.2, 0) is 16.4 Å². The fraction of sp³-hybridized carbons (Fsp3) is 0.250. The van der Waals surface area contributed by atoms with E-state index in [1.807, 2.05) is 13.0 Å². The van der Waals surface area contributed by atoms with Gasteiger partial charge in [0.15, 0.2) is 0 Å². The Kier molecular flexibility index (Phi) is 5.60. The molecule has 1 N–H and O–H groups in total. The lowest BCUT2D eigenvalue weighted by Gasteiger charge is -2.23. The number of aromatic amines is 1. The van der Waals surface area contributed by atoms with Crippen molar-refractivity contribution in [2.75, 3.05) is 10.8 Å². The maximum atomic E-state index is 13.2. The van der Waals surface area contributed by atoms with E-state index in [1.165, 1.54) is 16.4 Å². The molecule has 0 aliphatic heterocycles. The summed E-state index contributed by atoms with van der Waals surface area (Å²) in [5.41, 5.74) is 2.10. The quantitative estimate of drug-likeness (QED) is 0.610. The summed E-state index contributed by atoms with van der Waals surface area (Å²) in [6.45, 7) is 4.08. The van der Waals surface area contributed by atoms with E-state index in [0.29, 0.717) is 5.69 Å². The van der Waals surface area contributed by atoms with Gasteiger partial charge >= 0.3 is 0 Å². The summed E-state index contributed by atoms with van der Waals surface area (Å²) in [5, 5.41) is 0. The Bertz CT molecular complexity index is 1060. The normalized spacial score (nSPS) is 12.1. The highest BCUT2D eigenvalue weighted by Gasteiger charge is 2.24. The molecule has 0 saturated heterocycles. The van der Waals surface area contributed by atoms with Crippen molar-refractivity contribution in [3.8, 4) is 0 Å². The van der Waals surface area contributed by atoms with Gasteiger partial charge in [-0.25, -0.2) is 17.8 Å². The van der Waals surface area contributed by atoms with Crippen LogP contribution in [0.25, 0.3) is 11.0 Å². The first-order valence-corrected chi connectivity index (χ1v) is 10.3. The Labute approximate surface area is 158 Å². The third-order valence-corrected chi connectivity index (χ3v) is 6.01. The second kappa shape index (κ2) is 7.92. The van der Waals surface area contributed by atoms with Crippen molar-refractivity contribution in [3.63, 3.8) is 0 Å². The highest BCUT2D eigenvalue weighted by molar-refractivity contribution is 7.92. The molecule has 0 bridgehead atoms. The van der Waals surface area contributed by atoms with E-state index in [4.69, 9.17) is 0 Å². The van der Waals surface area contributed by atoms with E-state index < -0.39 is 15.8 Å². The zero-order valence-corrected chi connectivity index (χ0v) is 16.1. The molecule has 7 heteroatoms. The van der Waals surface area contributed by atoms with Crippen LogP contribution in [0, 0.1) is 5.82 Å². The van der Waals surface area contributed by atoms with Crippen molar-refractivity contribution in [1.82, 2.24) is 9.97 Å². The molecule has 27 heavy (non-hydrogen) atoms. The number of nitrogens with zero attached hydrogens (tertiary/aromatic N) is 2. The van der Waals surface area contributed by atoms with E-state index in [1.54, 1.807) is 24.3 Å². The lowest BCUT2D eigenvalue weighted by atomic mass is 10.2. The van der Waals surface area contributed by atoms with Gasteiger partial charge in [-0.1, -0.05) is 19.1 Å². The molecule has 5 nitrogen and oxygen atoms in total. The molecule has 0 fully saturated rings. The maximum absolute atomic E-state index is 13.2. The molecule has 0 spiro atoms. The first kappa shape index (κ1) is 19.1. The second-order valence-corrected chi connectivity index (χ2v) is 8.06. The number of rotatable bonds is 7. The molecule has 0 amide bonds. The van der Waals surface area contributed by atoms with Crippen LogP contribution in [0.2, 0.25) is 0 Å². The van der Waals surface area contributed by atoms with Gasteiger partial charge in [0.1, 0.15) is 11.6 Å². The van der Waals surface area contributed by atoms with Crippen LogP contribution >= 0.6 is 0 Å². The fourth-order valence-corrected chi connectivity index (χ4v) is 4.24. The van der Waals surface area contributed by atoms with Gasteiger partial charge in [-0.3, -0.25) is 4.31 Å². The Hall–Kier alpha value is -2.67. The molecule has 142 valence electrons. The average Bonchev–Trinajstić information content (AvgIpc) is 3.04. The number of benzene rings is 2. The Morgan fingerprint density at radius 1 is 1.19 bits per heavy atom. The van der Waals surface area contributed by atoms with Gasteiger partial charge in [-0.05, 0) is 55.8 Å². The van der Waals surface area contributed by atoms with Crippen molar-refractivity contribution < 1.29 is 12.8 Å². The molecule has 0 unspecified atom stereocenters. The number of nitrogens with one attached hydrogen (secondary N) is 1. The first-order valence-electron chi connectivity index (χ1n) is 8.84. The highest BCUT2D eigenvalue weighted by atomic mass is 32.2. The van der Waals surface area contributed by atoms with E-state index in [0.717, 1.165) is 41.8 Å². The van der Waals surface area contributed by atoms with Gasteiger partial charge in [0.25, 0.3) is 10.0 Å². The number of H-pyrrole nitrogens is 1. The molecular formula is C20H22FN3O2S. The molecule has 2 aromatic carbocycles. The van der Waals surface area contributed by atoms with Gasteiger partial charge in [-0.2, -0.15) is 0 Å². The minimum Gasteiger partial charge on any atom is -0.342 e. The maximum Gasteiger partial charge on any atom is 0.264 e. The van der Waals surface area contributed by atoms with Crippen LogP contribution < -0.4 is 4.31 Å². The smallest absolute Gasteiger partial charge is 0.264 e. The number of aromatic nitrogens is 2. The van der Waals surface area contributed by atoms with Crippen LogP contribution in [0.4, 0.5) is 10.1 Å². The zero-order valence-electron chi connectivity index (χ0n) is 15.3. The van der Waals surface area contributed by atoms with Crippen molar-refractivity contribution in [2.24, 2.45) is 0 Å². The minimum absolute atomic E-state index is 0.0437. The number of anilines is 1. The second-order valence-electron chi connectivity index (χ2n) is 6.19. The Morgan fingerprint density at radius 2 is 1.93 bits per heavy atom. The van der Waals surface area contributed by atoms with Crippen molar-refractivity contribution in [1.29, 1.82) is 0 Å². The standard InChI is InChI=1S/C20H22FN3O2S/c1-3-5-13-24(27(25,26)17-10-7-15(21)8-11-17)16-9-12-18-19(14-16)23-20(22-18)6-4-2/h3,5,7-12,14H,4,6,13H2,1-2H3,(H,22,23). The summed E-state index contributed by atoms with van der Waals surface area (Å²) >= 11 is 0. The van der Waals surface area contributed by atoms with E-state index in [2.05, 4.69) is 16.9 Å². The van der Waals surface area contributed by atoms with E-state index in [-0.39, 0.29) is 11.4 Å². The molecule has 0 radical (unpaired) electrons. The van der Waals surface area contributed by atoms with Crippen molar-refractivity contribution >= 4 is 26.7 Å². The Balaban J connectivity index is 2.06. The van der Waals surface area contributed by atoms with Crippen LogP contribution in [0.3, 0.4) is 0 Å². The number of hydrogen-bond donors (Lipinski definition) is 1. The number of halogens is 1. The highest BCUT2D eigenvalue weighted by Crippen LogP contribution is 2.27. The van der Waals surface area contributed by atoms with Crippen LogP contribution in [-0.4, -0.2) is 24.9 Å². The summed E-state index contributed by atoms with van der Waals surface area (Å²) in [4.78, 5) is 7.84. The molecule has 3 aromatic rings. The van der Waals surface area contributed by atoms with Crippen molar-refractivity contribution in [2.45, 2.75) is 31.6 Å². The molecule has 1 heterocycles. The average molecular weight is 387 g/mol. The number of imidazole rings is 1. The van der Waals surface area contributed by atoms with Crippen molar-refractivity contribution in [3.05, 3.63) is 66.3 Å². The van der Waals surface area contributed by atoms with Gasteiger partial charge in [-0.15, -0.1) is 0 Å². The van der Waals surface area contributed by atoms with Crippen LogP contribution in [0.15, 0.2) is 59.5 Å². The summed E-state index contributed by atoms with van der Waals surface area (Å²) in [6, 6.07) is 10.2. The fourth-order valence-electron chi connectivity index (χ4n) is 2.83. The lowest BCUT2D eigenvalue weighted by molar-refractivity contribution is 0.591. The lowest BCUT2D eigenvalue weighted by Crippen LogP contribution is -2.31. The summed E-state index contributed by atoms with van der Waals surface area (Å²) < 4.78 is 40.8. The van der Waals surface area contributed by atoms with E-state index >= 15 is 0 Å². The first-order chi connectivity index (χ1) is 13.0. The molecule has 0 saturated carbocycles. The molecule has 0 atom stereocenters. The molecule has 3 rings (SSSR count). The number of sulfonamides is 1. The molecule has 0 aliphatic carbocycles. The zero-order chi connectivity index (χ0) is 19.4. The monoisotopic (exact) mass is 387 g/mol.